The molecule has 0 aromatic carbocycles. The van der Waals surface area contributed by atoms with Crippen molar-refractivity contribution >= 4 is 5.91 Å². The van der Waals surface area contributed by atoms with Gasteiger partial charge < -0.3 is 9.80 Å². The number of piperazine rings is 1. The van der Waals surface area contributed by atoms with Gasteiger partial charge in [-0.05, 0) is 26.9 Å². The summed E-state index contributed by atoms with van der Waals surface area (Å²) in [5.41, 5.74) is 0. The van der Waals surface area contributed by atoms with Crippen molar-refractivity contribution in [2.75, 3.05) is 40.3 Å². The summed E-state index contributed by atoms with van der Waals surface area (Å²) in [5.74, 6) is 0.306. The lowest BCUT2D eigenvalue weighted by Gasteiger charge is -2.40. The number of carbonyl (C=O) groups is 1. The minimum atomic E-state index is 0.0385. The molecule has 0 aromatic heterocycles. The van der Waals surface area contributed by atoms with Gasteiger partial charge in [-0.2, -0.15) is 0 Å². The normalized spacial score (nSPS) is 33.1. The van der Waals surface area contributed by atoms with Crippen LogP contribution >= 0.6 is 0 Å². The van der Waals surface area contributed by atoms with Crippen LogP contribution in [0.5, 0.6) is 0 Å². The summed E-state index contributed by atoms with van der Waals surface area (Å²) < 4.78 is 0. The molecule has 20 heavy (non-hydrogen) atoms. The number of hydrogen-bond acceptors (Lipinski definition) is 4. The Bertz CT molecular complexity index is 336. The van der Waals surface area contributed by atoms with Gasteiger partial charge in [0.25, 0.3) is 0 Å². The Hall–Kier alpha value is -0.650. The summed E-state index contributed by atoms with van der Waals surface area (Å²) in [6.07, 6.45) is 3.21. The minimum absolute atomic E-state index is 0.0385. The zero-order valence-corrected chi connectivity index (χ0v) is 13.4. The van der Waals surface area contributed by atoms with Crippen molar-refractivity contribution in [1.29, 1.82) is 0 Å². The molecule has 3 unspecified atom stereocenters. The Morgan fingerprint density at radius 1 is 1.25 bits per heavy atom. The van der Waals surface area contributed by atoms with E-state index in [0.29, 0.717) is 11.9 Å². The van der Waals surface area contributed by atoms with E-state index in [0.717, 1.165) is 45.4 Å². The van der Waals surface area contributed by atoms with Gasteiger partial charge in [-0.1, -0.05) is 20.3 Å². The van der Waals surface area contributed by atoms with E-state index in [4.69, 9.17) is 0 Å². The third-order valence-electron chi connectivity index (χ3n) is 4.70. The van der Waals surface area contributed by atoms with E-state index in [1.165, 1.54) is 0 Å². The molecular weight excluding hydrogens is 252 g/mol. The van der Waals surface area contributed by atoms with Crippen molar-refractivity contribution in [3.05, 3.63) is 0 Å². The maximum atomic E-state index is 12.6. The third kappa shape index (κ3) is 3.32. The lowest BCUT2D eigenvalue weighted by molar-refractivity contribution is -0.131. The zero-order chi connectivity index (χ0) is 14.7. The van der Waals surface area contributed by atoms with Crippen molar-refractivity contribution in [3.8, 4) is 0 Å². The summed E-state index contributed by atoms with van der Waals surface area (Å²) in [4.78, 5) is 19.4. The molecule has 2 rings (SSSR count). The molecule has 2 aliphatic rings. The van der Waals surface area contributed by atoms with Crippen molar-refractivity contribution < 1.29 is 4.79 Å². The van der Waals surface area contributed by atoms with Crippen molar-refractivity contribution in [2.24, 2.45) is 0 Å². The molecule has 1 N–H and O–H groups in total. The van der Waals surface area contributed by atoms with E-state index >= 15 is 0 Å². The number of rotatable bonds is 5. The lowest BCUT2D eigenvalue weighted by Crippen LogP contribution is -2.56. The van der Waals surface area contributed by atoms with Crippen LogP contribution in [-0.4, -0.2) is 79.1 Å². The monoisotopic (exact) mass is 282 g/mol. The molecule has 2 saturated heterocycles. The second-order valence-electron chi connectivity index (χ2n) is 6.32. The molecule has 2 heterocycles. The highest BCUT2D eigenvalue weighted by Gasteiger charge is 2.39. The van der Waals surface area contributed by atoms with Crippen LogP contribution in [0.4, 0.5) is 0 Å². The van der Waals surface area contributed by atoms with Crippen molar-refractivity contribution in [1.82, 2.24) is 20.0 Å². The largest absolute Gasteiger partial charge is 0.324 e. The van der Waals surface area contributed by atoms with Crippen LogP contribution in [0.25, 0.3) is 0 Å². The van der Waals surface area contributed by atoms with E-state index < -0.39 is 0 Å². The van der Waals surface area contributed by atoms with Crippen molar-refractivity contribution in [2.45, 2.75) is 51.4 Å². The molecule has 0 aliphatic carbocycles. The summed E-state index contributed by atoms with van der Waals surface area (Å²) in [7, 11) is 4.34. The molecule has 1 amide bonds. The van der Waals surface area contributed by atoms with Gasteiger partial charge in [0, 0.05) is 32.2 Å². The number of nitrogens with one attached hydrogen (secondary N) is 1. The third-order valence-corrected chi connectivity index (χ3v) is 4.70. The fourth-order valence-corrected chi connectivity index (χ4v) is 3.32. The fraction of sp³-hybridized carbons (Fsp3) is 0.933. The van der Waals surface area contributed by atoms with Crippen LogP contribution in [0.15, 0.2) is 0 Å². The maximum absolute atomic E-state index is 12.6. The van der Waals surface area contributed by atoms with E-state index in [9.17, 15) is 4.79 Å². The number of likely N-dealkylation sites (N-methyl/N-ethyl adjacent to an activating group) is 2. The Kier molecular flexibility index (Phi) is 5.41. The van der Waals surface area contributed by atoms with E-state index in [2.05, 4.69) is 48.0 Å². The first-order valence-electron chi connectivity index (χ1n) is 8.02. The molecule has 5 nitrogen and oxygen atoms in total. The molecule has 0 bridgehead atoms. The van der Waals surface area contributed by atoms with Gasteiger partial charge in [0.2, 0.25) is 5.91 Å². The average Bonchev–Trinajstić information content (AvgIpc) is 2.72. The topological polar surface area (TPSA) is 38.8 Å². The first-order chi connectivity index (χ1) is 9.56. The quantitative estimate of drug-likeness (QED) is 0.800. The van der Waals surface area contributed by atoms with Crippen molar-refractivity contribution in [3.63, 3.8) is 0 Å². The smallest absolute Gasteiger partial charge is 0.241 e. The van der Waals surface area contributed by atoms with Gasteiger partial charge in [0.1, 0.15) is 0 Å². The number of hydrogen-bond donors (Lipinski definition) is 1. The van der Waals surface area contributed by atoms with E-state index in [1.54, 1.807) is 0 Å². The van der Waals surface area contributed by atoms with Gasteiger partial charge in [0.05, 0.1) is 12.2 Å². The highest BCUT2D eigenvalue weighted by molar-refractivity contribution is 5.84. The Morgan fingerprint density at radius 2 is 2.00 bits per heavy atom. The van der Waals surface area contributed by atoms with Crippen LogP contribution in [0, 0.1) is 0 Å². The molecule has 0 spiro atoms. The van der Waals surface area contributed by atoms with Crippen LogP contribution < -0.4 is 5.32 Å². The molecule has 0 aromatic rings. The Morgan fingerprint density at radius 3 is 2.65 bits per heavy atom. The molecule has 0 saturated carbocycles. The first kappa shape index (κ1) is 15.7. The predicted molar refractivity (Wildman–Crippen MR) is 81.5 cm³/mol. The Balaban J connectivity index is 2.00. The van der Waals surface area contributed by atoms with E-state index in [-0.39, 0.29) is 12.2 Å². The summed E-state index contributed by atoms with van der Waals surface area (Å²) in [6, 6.07) is 0.491. The van der Waals surface area contributed by atoms with Crippen LogP contribution in [0.1, 0.15) is 33.1 Å². The molecule has 3 atom stereocenters. The molecule has 2 fully saturated rings. The van der Waals surface area contributed by atoms with Crippen LogP contribution in [0.3, 0.4) is 0 Å². The average molecular weight is 282 g/mol. The van der Waals surface area contributed by atoms with Gasteiger partial charge >= 0.3 is 0 Å². The highest BCUT2D eigenvalue weighted by atomic mass is 16.2. The molecular formula is C15H30N4O. The Labute approximate surface area is 123 Å². The molecule has 5 heteroatoms. The molecule has 2 aliphatic heterocycles. The highest BCUT2D eigenvalue weighted by Crippen LogP contribution is 2.19. The summed E-state index contributed by atoms with van der Waals surface area (Å²) >= 11 is 0. The second-order valence-corrected chi connectivity index (χ2v) is 6.32. The molecule has 116 valence electrons. The maximum Gasteiger partial charge on any atom is 0.241 e. The minimum Gasteiger partial charge on any atom is -0.324 e. The van der Waals surface area contributed by atoms with Crippen LogP contribution in [0.2, 0.25) is 0 Å². The fourth-order valence-electron chi connectivity index (χ4n) is 3.32. The van der Waals surface area contributed by atoms with Gasteiger partial charge in [-0.25, -0.2) is 0 Å². The van der Waals surface area contributed by atoms with Gasteiger partial charge in [0.15, 0.2) is 0 Å². The van der Waals surface area contributed by atoms with Crippen LogP contribution in [-0.2, 0) is 4.79 Å². The second kappa shape index (κ2) is 6.87. The number of nitrogens with zero attached hydrogens (tertiary/aromatic N) is 3. The number of carbonyl (C=O) groups excluding carboxylic acids is 1. The lowest BCUT2D eigenvalue weighted by atomic mass is 10.1. The van der Waals surface area contributed by atoms with Gasteiger partial charge in [-0.3, -0.25) is 15.0 Å². The predicted octanol–water partition coefficient (Wildman–Crippen LogP) is 0.569. The number of amides is 1. The van der Waals surface area contributed by atoms with E-state index in [1.807, 2.05) is 0 Å². The molecule has 0 radical (unpaired) electrons. The standard InChI is InChI=1S/C15H30N4O/c1-5-7-13-15(20)19(14(6-2)16-13)11-12-10-17(3)8-9-18(12)4/h12-14,16H,5-11H2,1-4H3. The summed E-state index contributed by atoms with van der Waals surface area (Å²) in [5, 5.41) is 3.50. The summed E-state index contributed by atoms with van der Waals surface area (Å²) in [6.45, 7) is 8.41. The SMILES string of the molecule is CCCC1NC(CC)N(CC2CN(C)CCN2C)C1=O. The first-order valence-corrected chi connectivity index (χ1v) is 8.02. The van der Waals surface area contributed by atoms with Gasteiger partial charge in [-0.15, -0.1) is 0 Å². The zero-order valence-electron chi connectivity index (χ0n) is 13.4.